The summed E-state index contributed by atoms with van der Waals surface area (Å²) in [7, 11) is 0. The van der Waals surface area contributed by atoms with Gasteiger partial charge >= 0.3 is 0 Å². The van der Waals surface area contributed by atoms with Crippen LogP contribution in [-0.2, 0) is 0 Å². The highest BCUT2D eigenvalue weighted by molar-refractivity contribution is 5.94. The Balaban J connectivity index is 1.76. The van der Waals surface area contributed by atoms with Crippen LogP contribution in [0.1, 0.15) is 43.5 Å². The normalized spacial score (nSPS) is 24.9. The first-order valence-electron chi connectivity index (χ1n) is 7.90. The number of aromatic nitrogens is 3. The van der Waals surface area contributed by atoms with E-state index in [1.807, 2.05) is 6.20 Å². The van der Waals surface area contributed by atoms with E-state index in [0.29, 0.717) is 23.2 Å². The third-order valence-corrected chi connectivity index (χ3v) is 4.62. The number of nitrogens with zero attached hydrogens (tertiary/aromatic N) is 3. The Kier molecular flexibility index (Phi) is 4.22. The van der Waals surface area contributed by atoms with Gasteiger partial charge in [-0.1, -0.05) is 20.3 Å². The molecule has 2 atom stereocenters. The molecule has 0 aromatic carbocycles. The van der Waals surface area contributed by atoms with Gasteiger partial charge in [0.1, 0.15) is 12.1 Å². The van der Waals surface area contributed by atoms with Gasteiger partial charge in [0.15, 0.2) is 0 Å². The van der Waals surface area contributed by atoms with Crippen LogP contribution in [-0.4, -0.2) is 26.5 Å². The van der Waals surface area contributed by atoms with Crippen molar-refractivity contribution >= 4 is 5.91 Å². The molecule has 2 unspecified atom stereocenters. The number of pyridine rings is 1. The molecular formula is C17H22N4O. The molecule has 116 valence electrons. The highest BCUT2D eigenvalue weighted by atomic mass is 16.1. The van der Waals surface area contributed by atoms with Crippen molar-refractivity contribution in [3.63, 3.8) is 0 Å². The highest BCUT2D eigenvalue weighted by Gasteiger charge is 2.29. The quantitative estimate of drug-likeness (QED) is 0.948. The van der Waals surface area contributed by atoms with Crippen molar-refractivity contribution in [2.45, 2.75) is 39.2 Å². The molecule has 3 rings (SSSR count). The van der Waals surface area contributed by atoms with E-state index >= 15 is 0 Å². The number of rotatable bonds is 3. The van der Waals surface area contributed by atoms with Crippen LogP contribution in [0.15, 0.2) is 37.1 Å². The van der Waals surface area contributed by atoms with Crippen LogP contribution in [0.25, 0.3) is 5.82 Å². The molecule has 0 saturated heterocycles. The van der Waals surface area contributed by atoms with Crippen molar-refractivity contribution in [1.29, 1.82) is 0 Å². The maximum absolute atomic E-state index is 12.6. The Morgan fingerprint density at radius 3 is 2.73 bits per heavy atom. The number of nitrogens with one attached hydrogen (secondary N) is 1. The van der Waals surface area contributed by atoms with Gasteiger partial charge in [-0.2, -0.15) is 0 Å². The molecule has 1 amide bonds. The van der Waals surface area contributed by atoms with Crippen LogP contribution in [0.5, 0.6) is 0 Å². The molecule has 5 heteroatoms. The summed E-state index contributed by atoms with van der Waals surface area (Å²) in [6.07, 6.45) is 10.5. The average molecular weight is 298 g/mol. The van der Waals surface area contributed by atoms with E-state index in [1.54, 1.807) is 35.4 Å². The highest BCUT2D eigenvalue weighted by Crippen LogP contribution is 2.29. The van der Waals surface area contributed by atoms with E-state index in [2.05, 4.69) is 29.1 Å². The average Bonchev–Trinajstić information content (AvgIpc) is 3.05. The predicted molar refractivity (Wildman–Crippen MR) is 84.8 cm³/mol. The van der Waals surface area contributed by atoms with E-state index in [4.69, 9.17) is 0 Å². The molecule has 0 bridgehead atoms. The van der Waals surface area contributed by atoms with Gasteiger partial charge in [0, 0.05) is 30.2 Å². The molecule has 1 aliphatic rings. The van der Waals surface area contributed by atoms with Gasteiger partial charge in [0.05, 0.1) is 0 Å². The van der Waals surface area contributed by atoms with E-state index in [0.717, 1.165) is 0 Å². The lowest BCUT2D eigenvalue weighted by Gasteiger charge is -2.35. The third kappa shape index (κ3) is 3.03. The summed E-state index contributed by atoms with van der Waals surface area (Å²) in [4.78, 5) is 20.9. The van der Waals surface area contributed by atoms with Gasteiger partial charge in [-0.05, 0) is 36.8 Å². The smallest absolute Gasteiger partial charge is 0.251 e. The second kappa shape index (κ2) is 6.30. The second-order valence-corrected chi connectivity index (χ2v) is 6.26. The van der Waals surface area contributed by atoms with Crippen molar-refractivity contribution in [3.8, 4) is 5.82 Å². The van der Waals surface area contributed by atoms with E-state index in [-0.39, 0.29) is 11.9 Å². The zero-order chi connectivity index (χ0) is 15.5. The fourth-order valence-corrected chi connectivity index (χ4v) is 3.30. The van der Waals surface area contributed by atoms with Crippen molar-refractivity contribution in [2.75, 3.05) is 0 Å². The fourth-order valence-electron chi connectivity index (χ4n) is 3.30. The van der Waals surface area contributed by atoms with Crippen LogP contribution >= 0.6 is 0 Å². The van der Waals surface area contributed by atoms with Crippen molar-refractivity contribution in [2.24, 2.45) is 11.8 Å². The van der Waals surface area contributed by atoms with Crippen LogP contribution in [0.2, 0.25) is 0 Å². The molecule has 22 heavy (non-hydrogen) atoms. The number of imidazole rings is 1. The monoisotopic (exact) mass is 298 g/mol. The third-order valence-electron chi connectivity index (χ3n) is 4.62. The van der Waals surface area contributed by atoms with Gasteiger partial charge < -0.3 is 5.32 Å². The molecule has 0 radical (unpaired) electrons. The standard InChI is InChI=1S/C17H22N4O/c1-12-4-3-5-13(2)16(12)20-17(22)14-6-7-19-15(10-14)21-9-8-18-11-21/h6-13,16H,3-5H2,1-2H3,(H,20,22). The van der Waals surface area contributed by atoms with E-state index in [1.165, 1.54) is 19.3 Å². The first-order valence-corrected chi connectivity index (χ1v) is 7.90. The lowest BCUT2D eigenvalue weighted by Crippen LogP contribution is -2.45. The Morgan fingerprint density at radius 1 is 1.27 bits per heavy atom. The summed E-state index contributed by atoms with van der Waals surface area (Å²) in [6, 6.07) is 3.81. The van der Waals surface area contributed by atoms with E-state index < -0.39 is 0 Å². The Morgan fingerprint density at radius 2 is 2.05 bits per heavy atom. The van der Waals surface area contributed by atoms with Crippen LogP contribution in [0, 0.1) is 11.8 Å². The summed E-state index contributed by atoms with van der Waals surface area (Å²) in [5.74, 6) is 1.74. The first-order chi connectivity index (χ1) is 10.6. The van der Waals surface area contributed by atoms with Gasteiger partial charge in [-0.25, -0.2) is 9.97 Å². The van der Waals surface area contributed by atoms with Crippen LogP contribution < -0.4 is 5.32 Å². The molecular weight excluding hydrogens is 276 g/mol. The fraction of sp³-hybridized carbons (Fsp3) is 0.471. The largest absolute Gasteiger partial charge is 0.349 e. The molecule has 0 spiro atoms. The minimum absolute atomic E-state index is 0.0191. The van der Waals surface area contributed by atoms with Gasteiger partial charge in [0.25, 0.3) is 5.91 Å². The molecule has 1 saturated carbocycles. The predicted octanol–water partition coefficient (Wildman–Crippen LogP) is 2.82. The zero-order valence-corrected chi connectivity index (χ0v) is 13.1. The summed E-state index contributed by atoms with van der Waals surface area (Å²) in [6.45, 7) is 4.45. The molecule has 5 nitrogen and oxygen atoms in total. The maximum Gasteiger partial charge on any atom is 0.251 e. The molecule has 2 heterocycles. The molecule has 1 N–H and O–H groups in total. The van der Waals surface area contributed by atoms with Crippen molar-refractivity contribution in [3.05, 3.63) is 42.6 Å². The molecule has 0 aliphatic heterocycles. The molecule has 1 fully saturated rings. The lowest BCUT2D eigenvalue weighted by molar-refractivity contribution is 0.0880. The SMILES string of the molecule is CC1CCCC(C)C1NC(=O)c1ccnc(-n2ccnc2)c1. The second-order valence-electron chi connectivity index (χ2n) is 6.26. The molecule has 2 aromatic heterocycles. The van der Waals surface area contributed by atoms with Crippen molar-refractivity contribution in [1.82, 2.24) is 19.9 Å². The van der Waals surface area contributed by atoms with Crippen LogP contribution in [0.3, 0.4) is 0 Å². The van der Waals surface area contributed by atoms with Crippen molar-refractivity contribution < 1.29 is 4.79 Å². The van der Waals surface area contributed by atoms with Gasteiger partial charge in [-0.3, -0.25) is 9.36 Å². The summed E-state index contributed by atoms with van der Waals surface area (Å²) in [5, 5.41) is 3.22. The number of hydrogen-bond donors (Lipinski definition) is 1. The Hall–Kier alpha value is -2.17. The van der Waals surface area contributed by atoms with Gasteiger partial charge in [-0.15, -0.1) is 0 Å². The minimum atomic E-state index is -0.0191. The Bertz CT molecular complexity index is 628. The number of carbonyl (C=O) groups excluding carboxylic acids is 1. The topological polar surface area (TPSA) is 59.8 Å². The molecule has 1 aliphatic carbocycles. The van der Waals surface area contributed by atoms with Gasteiger partial charge in [0.2, 0.25) is 0 Å². The molecule has 2 aromatic rings. The first kappa shape index (κ1) is 14.8. The number of carbonyl (C=O) groups is 1. The summed E-state index contributed by atoms with van der Waals surface area (Å²) >= 11 is 0. The minimum Gasteiger partial charge on any atom is -0.349 e. The maximum atomic E-state index is 12.6. The lowest BCUT2D eigenvalue weighted by atomic mass is 9.78. The number of amides is 1. The summed E-state index contributed by atoms with van der Waals surface area (Å²) in [5.41, 5.74) is 0.642. The Labute approximate surface area is 130 Å². The number of hydrogen-bond acceptors (Lipinski definition) is 3. The summed E-state index contributed by atoms with van der Waals surface area (Å²) < 4.78 is 1.79. The zero-order valence-electron chi connectivity index (χ0n) is 13.1. The van der Waals surface area contributed by atoms with E-state index in [9.17, 15) is 4.79 Å². The van der Waals surface area contributed by atoms with Crippen LogP contribution in [0.4, 0.5) is 0 Å².